The van der Waals surface area contributed by atoms with Gasteiger partial charge < -0.3 is 69.6 Å². The van der Waals surface area contributed by atoms with Gasteiger partial charge in [-0.2, -0.15) is 11.8 Å². The Kier molecular flexibility index (Phi) is 36.5. The number of carboxylic acids is 2. The molecule has 8 amide bonds. The molecule has 0 radical (unpaired) electrons. The van der Waals surface area contributed by atoms with Crippen molar-refractivity contribution in [1.82, 2.24) is 42.2 Å². The second kappa shape index (κ2) is 41.7. The predicted molar refractivity (Wildman–Crippen MR) is 318 cm³/mol. The number of thioether (sulfide) groups is 1. The number of H-pyrrole nitrogens is 1. The van der Waals surface area contributed by atoms with E-state index in [0.717, 1.165) is 36.6 Å². The molecule has 82 heavy (non-hydrogen) atoms. The number of carboxylic acid groups (broad SMARTS) is 2. The topological polar surface area (TPSA) is 389 Å². The van der Waals surface area contributed by atoms with E-state index in [0.29, 0.717) is 50.0 Å². The van der Waals surface area contributed by atoms with E-state index in [9.17, 15) is 58.2 Å². The van der Waals surface area contributed by atoms with Crippen molar-refractivity contribution >= 4 is 81.9 Å². The smallest absolute Gasteiger partial charge is 0.326 e. The molecule has 0 saturated carbocycles. The summed E-state index contributed by atoms with van der Waals surface area (Å²) in [6.45, 7) is 6.13. The van der Waals surface area contributed by atoms with E-state index in [1.807, 2.05) is 0 Å². The molecule has 23 nitrogen and oxygen atoms in total. The number of rotatable bonds is 47. The molecule has 0 aliphatic carbocycles. The molecule has 0 aliphatic heterocycles. The first-order valence-electron chi connectivity index (χ1n) is 29.6. The van der Waals surface area contributed by atoms with E-state index in [1.54, 1.807) is 50.6 Å². The number of nitrogens with one attached hydrogen (secondary N) is 8. The number of primary amides is 1. The average molecular weight is 1170 g/mol. The van der Waals surface area contributed by atoms with Crippen molar-refractivity contribution in [3.05, 3.63) is 36.0 Å². The second-order valence-electron chi connectivity index (χ2n) is 21.3. The van der Waals surface area contributed by atoms with Crippen LogP contribution in [-0.4, -0.2) is 142 Å². The van der Waals surface area contributed by atoms with Gasteiger partial charge in [-0.25, -0.2) is 4.79 Å². The molecular weight excluding hydrogens is 1070 g/mol. The fourth-order valence-corrected chi connectivity index (χ4v) is 9.89. The summed E-state index contributed by atoms with van der Waals surface area (Å²) in [5, 5.41) is 38.6. The largest absolute Gasteiger partial charge is 0.481 e. The van der Waals surface area contributed by atoms with Gasteiger partial charge in [-0.05, 0) is 94.0 Å². The van der Waals surface area contributed by atoms with Crippen molar-refractivity contribution in [1.29, 1.82) is 0 Å². The minimum absolute atomic E-state index is 0.0482. The molecule has 24 heteroatoms. The van der Waals surface area contributed by atoms with Gasteiger partial charge in [0, 0.05) is 29.9 Å². The van der Waals surface area contributed by atoms with E-state index in [4.69, 9.17) is 17.2 Å². The monoisotopic (exact) mass is 1170 g/mol. The highest BCUT2D eigenvalue weighted by atomic mass is 32.2. The lowest BCUT2D eigenvalue weighted by atomic mass is 9.96. The summed E-state index contributed by atoms with van der Waals surface area (Å²) in [7, 11) is 0. The molecule has 2 rings (SSSR count). The Labute approximate surface area is 488 Å². The van der Waals surface area contributed by atoms with Crippen molar-refractivity contribution in [3.63, 3.8) is 0 Å². The van der Waals surface area contributed by atoms with Crippen LogP contribution in [-0.2, 0) is 54.4 Å². The highest BCUT2D eigenvalue weighted by Crippen LogP contribution is 2.20. The van der Waals surface area contributed by atoms with Crippen LogP contribution in [0.2, 0.25) is 0 Å². The van der Waals surface area contributed by atoms with E-state index in [-0.39, 0.29) is 51.0 Å². The van der Waals surface area contributed by atoms with E-state index < -0.39 is 114 Å². The minimum atomic E-state index is -1.71. The molecule has 1 aromatic heterocycles. The molecular formula is C58H97N11O12S. The van der Waals surface area contributed by atoms with Gasteiger partial charge >= 0.3 is 11.9 Å². The normalized spacial score (nSPS) is 14.2. The molecule has 462 valence electrons. The fraction of sp³-hybridized carbons (Fsp3) is 0.690. The number of aromatic amines is 1. The lowest BCUT2D eigenvalue weighted by Gasteiger charge is -2.29. The molecule has 2 aromatic rings. The Morgan fingerprint density at radius 2 is 1.02 bits per heavy atom. The third-order valence-corrected chi connectivity index (χ3v) is 15.1. The average Bonchev–Trinajstić information content (AvgIpc) is 4.06. The minimum Gasteiger partial charge on any atom is -0.481 e. The summed E-state index contributed by atoms with van der Waals surface area (Å²) in [5.74, 6) is -9.87. The Morgan fingerprint density at radius 1 is 0.549 bits per heavy atom. The first-order valence-corrected chi connectivity index (χ1v) is 31.0. The standard InChI is InChI=1S/C58H97N11O12S/c1-5-7-8-9-10-11-12-13-14-15-16-17-18-29-49(71)63-42(27-21-23-31-59)52(74)68-47(36-50(72)73)56(78)69-51(38(3)6-2)57(79)64-43(28-22-24-32-60)53(75)67-46(35-48(61)70)55(77)66-45(54(76)65-44(58(80)81)30-33-82-4)34-39-37-62-41-26-20-19-25-40(39)41/h19-20,25-26,37-38,42-47,51,62H,5-18,21-24,27-36,59-60H2,1-4H3,(H2,61,70)(H,63,71)(H,64,79)(H,65,76)(H,66,77)(H,67,75)(H,68,74)(H,69,78)(H,72,73)(H,80,81)/t38-,42-,43-,44-,45-,46-,47-,51-/m0/s1. The molecule has 0 saturated heterocycles. The number of aliphatic carboxylic acids is 2. The summed E-state index contributed by atoms with van der Waals surface area (Å²) in [5.41, 5.74) is 18.4. The van der Waals surface area contributed by atoms with Gasteiger partial charge in [0.05, 0.1) is 12.8 Å². The fourth-order valence-electron chi connectivity index (χ4n) is 9.42. The van der Waals surface area contributed by atoms with Crippen LogP contribution in [0.4, 0.5) is 0 Å². The van der Waals surface area contributed by atoms with Crippen LogP contribution in [0.1, 0.15) is 180 Å². The Balaban J connectivity index is 2.29. The van der Waals surface area contributed by atoms with Crippen LogP contribution in [0.15, 0.2) is 30.5 Å². The number of para-hydroxylation sites is 1. The zero-order valence-electron chi connectivity index (χ0n) is 48.9. The Hall–Kier alpha value is -6.27. The van der Waals surface area contributed by atoms with Crippen LogP contribution in [0.25, 0.3) is 10.9 Å². The number of carbonyl (C=O) groups is 10. The lowest BCUT2D eigenvalue weighted by Crippen LogP contribution is -2.61. The maximum Gasteiger partial charge on any atom is 0.326 e. The lowest BCUT2D eigenvalue weighted by molar-refractivity contribution is -0.142. The van der Waals surface area contributed by atoms with Crippen LogP contribution < -0.4 is 54.4 Å². The first-order chi connectivity index (χ1) is 39.3. The summed E-state index contributed by atoms with van der Waals surface area (Å²) in [4.78, 5) is 138. The van der Waals surface area contributed by atoms with Crippen molar-refractivity contribution in [2.24, 2.45) is 23.1 Å². The number of benzene rings is 1. The zero-order chi connectivity index (χ0) is 60.8. The quantitative estimate of drug-likeness (QED) is 0.0415. The molecule has 0 fully saturated rings. The van der Waals surface area contributed by atoms with Crippen molar-refractivity contribution in [2.45, 2.75) is 224 Å². The highest BCUT2D eigenvalue weighted by Gasteiger charge is 2.36. The van der Waals surface area contributed by atoms with Gasteiger partial charge in [0.15, 0.2) is 0 Å². The van der Waals surface area contributed by atoms with Gasteiger partial charge in [0.2, 0.25) is 47.3 Å². The number of carbonyl (C=O) groups excluding carboxylic acids is 8. The molecule has 0 unspecified atom stereocenters. The first kappa shape index (κ1) is 71.8. The molecule has 16 N–H and O–H groups in total. The maximum atomic E-state index is 14.3. The summed E-state index contributed by atoms with van der Waals surface area (Å²) >= 11 is 1.38. The van der Waals surface area contributed by atoms with Gasteiger partial charge in [-0.15, -0.1) is 0 Å². The number of fused-ring (bicyclic) bond motifs is 1. The Morgan fingerprint density at radius 3 is 1.55 bits per heavy atom. The van der Waals surface area contributed by atoms with E-state index in [2.05, 4.69) is 49.1 Å². The van der Waals surface area contributed by atoms with Crippen molar-refractivity contribution in [3.8, 4) is 0 Å². The van der Waals surface area contributed by atoms with Crippen molar-refractivity contribution < 1.29 is 58.2 Å². The third-order valence-electron chi connectivity index (χ3n) is 14.5. The maximum absolute atomic E-state index is 14.3. The van der Waals surface area contributed by atoms with Crippen LogP contribution in [0.3, 0.4) is 0 Å². The molecule has 0 aliphatic rings. The molecule has 1 heterocycles. The van der Waals surface area contributed by atoms with Gasteiger partial charge in [0.25, 0.3) is 0 Å². The number of aromatic nitrogens is 1. The van der Waals surface area contributed by atoms with E-state index >= 15 is 0 Å². The number of amides is 8. The number of nitrogens with two attached hydrogens (primary N) is 3. The van der Waals surface area contributed by atoms with Gasteiger partial charge in [-0.3, -0.25) is 43.2 Å². The highest BCUT2D eigenvalue weighted by molar-refractivity contribution is 7.98. The number of unbranched alkanes of at least 4 members (excludes halogenated alkanes) is 14. The second-order valence-corrected chi connectivity index (χ2v) is 22.3. The summed E-state index contributed by atoms with van der Waals surface area (Å²) < 4.78 is 0. The SMILES string of the molecule is CCCCCCCCCCCCCCCC(=O)N[C@@H](CCCCN)C(=O)N[C@@H](CC(=O)O)C(=O)N[C@H](C(=O)N[C@@H](CCCCN)C(=O)N[C@@H](CC(N)=O)C(=O)N[C@@H](Cc1c[nH]c2ccccc12)C(=O)N[C@@H](CCSC)C(=O)O)[C@@H](C)CC. The molecule has 1 aromatic carbocycles. The molecule has 8 atom stereocenters. The van der Waals surface area contributed by atoms with Gasteiger partial charge in [0.1, 0.15) is 42.3 Å². The van der Waals surface area contributed by atoms with Crippen molar-refractivity contribution in [2.75, 3.05) is 25.1 Å². The Bertz CT molecular complexity index is 2300. The summed E-state index contributed by atoms with van der Waals surface area (Å²) in [6.07, 6.45) is 18.8. The predicted octanol–water partition coefficient (Wildman–Crippen LogP) is 4.08. The van der Waals surface area contributed by atoms with Crippen LogP contribution in [0, 0.1) is 5.92 Å². The van der Waals surface area contributed by atoms with Gasteiger partial charge in [-0.1, -0.05) is 122 Å². The number of hydrogen-bond acceptors (Lipinski definition) is 13. The van der Waals surface area contributed by atoms with Crippen LogP contribution in [0.5, 0.6) is 0 Å². The number of hydrogen-bond donors (Lipinski definition) is 13. The zero-order valence-corrected chi connectivity index (χ0v) is 49.7. The third kappa shape index (κ3) is 28.6. The van der Waals surface area contributed by atoms with E-state index in [1.165, 1.54) is 63.1 Å². The molecule has 0 spiro atoms. The summed E-state index contributed by atoms with van der Waals surface area (Å²) in [6, 6.07) is -2.92. The molecule has 0 bridgehead atoms. The van der Waals surface area contributed by atoms with Crippen LogP contribution >= 0.6 is 11.8 Å².